The first-order valence-electron chi connectivity index (χ1n) is 12.0. The fraction of sp³-hybridized carbons (Fsp3) is 0.308. The van der Waals surface area contributed by atoms with Gasteiger partial charge in [-0.2, -0.15) is 9.50 Å². The quantitative estimate of drug-likeness (QED) is 0.342. The van der Waals surface area contributed by atoms with Gasteiger partial charge in [0.15, 0.2) is 11.5 Å². The molecule has 5 aromatic rings. The third-order valence-electron chi connectivity index (χ3n) is 6.61. The summed E-state index contributed by atoms with van der Waals surface area (Å²) in [6.07, 6.45) is 1.79. The van der Waals surface area contributed by atoms with Crippen LogP contribution < -0.4 is 14.8 Å². The minimum Gasteiger partial charge on any atom is -0.493 e. The Morgan fingerprint density at radius 3 is 2.72 bits per heavy atom. The van der Waals surface area contributed by atoms with Crippen LogP contribution in [-0.2, 0) is 25.9 Å². The molecule has 9 nitrogen and oxygen atoms in total. The van der Waals surface area contributed by atoms with Gasteiger partial charge in [-0.15, -0.1) is 11.3 Å². The number of nitrogens with one attached hydrogen (secondary N) is 1. The molecule has 36 heavy (non-hydrogen) atoms. The van der Waals surface area contributed by atoms with Gasteiger partial charge in [0.1, 0.15) is 10.6 Å². The van der Waals surface area contributed by atoms with E-state index in [9.17, 15) is 0 Å². The third-order valence-corrected chi connectivity index (χ3v) is 7.81. The molecule has 0 fully saturated rings. The van der Waals surface area contributed by atoms with Crippen LogP contribution in [0.3, 0.4) is 0 Å². The van der Waals surface area contributed by atoms with E-state index in [0.29, 0.717) is 5.78 Å². The summed E-state index contributed by atoms with van der Waals surface area (Å²) in [6.45, 7) is 3.59. The van der Waals surface area contributed by atoms with Gasteiger partial charge in [-0.1, -0.05) is 41.5 Å². The van der Waals surface area contributed by atoms with Crippen LogP contribution in [0.2, 0.25) is 0 Å². The third kappa shape index (κ3) is 4.22. The first kappa shape index (κ1) is 22.7. The van der Waals surface area contributed by atoms with E-state index >= 15 is 0 Å². The summed E-state index contributed by atoms with van der Waals surface area (Å²) >= 11 is 1.77. The summed E-state index contributed by atoms with van der Waals surface area (Å²) in [5.41, 5.74) is 3.85. The predicted octanol–water partition coefficient (Wildman–Crippen LogP) is 3.96. The van der Waals surface area contributed by atoms with E-state index in [-0.39, 0.29) is 0 Å². The number of tetrazole rings is 1. The van der Waals surface area contributed by atoms with E-state index in [2.05, 4.69) is 62.1 Å². The molecule has 1 N–H and O–H groups in total. The van der Waals surface area contributed by atoms with Gasteiger partial charge in [0, 0.05) is 31.1 Å². The first-order valence-corrected chi connectivity index (χ1v) is 12.8. The molecule has 0 amide bonds. The minimum absolute atomic E-state index is 0.510. The molecule has 0 aliphatic carbocycles. The Labute approximate surface area is 212 Å². The van der Waals surface area contributed by atoms with Crippen molar-refractivity contribution in [3.8, 4) is 11.5 Å². The maximum absolute atomic E-state index is 5.45. The van der Waals surface area contributed by atoms with Crippen LogP contribution in [0.4, 0.5) is 5.82 Å². The summed E-state index contributed by atoms with van der Waals surface area (Å²) in [5, 5.41) is 16.9. The second-order valence-electron chi connectivity index (χ2n) is 8.85. The van der Waals surface area contributed by atoms with E-state index in [1.165, 1.54) is 16.0 Å². The SMILES string of the molecule is COc1ccc(CCNc2nc3nnnn3c3sc4c(c23)CCN(Cc2ccccc2)C4)cc1OC. The Bertz CT molecular complexity index is 1520. The van der Waals surface area contributed by atoms with Crippen molar-refractivity contribution in [3.05, 3.63) is 70.1 Å². The van der Waals surface area contributed by atoms with Crippen LogP contribution in [0.5, 0.6) is 11.5 Å². The Balaban J connectivity index is 1.26. The zero-order valence-corrected chi connectivity index (χ0v) is 21.1. The highest BCUT2D eigenvalue weighted by Gasteiger charge is 2.25. The number of methoxy groups -OCH3 is 2. The molecule has 3 aromatic heterocycles. The monoisotopic (exact) mass is 501 g/mol. The minimum atomic E-state index is 0.510. The number of thiophene rings is 1. The molecule has 1 aliphatic heterocycles. The van der Waals surface area contributed by atoms with E-state index in [1.54, 1.807) is 30.1 Å². The van der Waals surface area contributed by atoms with Crippen molar-refractivity contribution in [2.75, 3.05) is 32.6 Å². The van der Waals surface area contributed by atoms with Gasteiger partial charge in [-0.3, -0.25) is 4.90 Å². The first-order chi connectivity index (χ1) is 17.7. The van der Waals surface area contributed by atoms with Gasteiger partial charge in [0.05, 0.1) is 19.6 Å². The van der Waals surface area contributed by atoms with E-state index < -0.39 is 0 Å². The van der Waals surface area contributed by atoms with Crippen molar-refractivity contribution in [2.45, 2.75) is 25.9 Å². The molecule has 2 aromatic carbocycles. The number of nitrogens with zero attached hydrogens (tertiary/aromatic N) is 6. The van der Waals surface area contributed by atoms with Crippen molar-refractivity contribution in [1.29, 1.82) is 0 Å². The highest BCUT2D eigenvalue weighted by atomic mass is 32.1. The summed E-state index contributed by atoms with van der Waals surface area (Å²) in [6, 6.07) is 16.7. The number of ether oxygens (including phenoxy) is 2. The van der Waals surface area contributed by atoms with Crippen molar-refractivity contribution < 1.29 is 9.47 Å². The molecule has 0 atom stereocenters. The van der Waals surface area contributed by atoms with Crippen LogP contribution >= 0.6 is 11.3 Å². The molecule has 6 rings (SSSR count). The van der Waals surface area contributed by atoms with Gasteiger partial charge in [0.2, 0.25) is 0 Å². The Kier molecular flexibility index (Phi) is 6.12. The molecule has 184 valence electrons. The lowest BCUT2D eigenvalue weighted by Crippen LogP contribution is -2.29. The second-order valence-corrected chi connectivity index (χ2v) is 9.93. The summed E-state index contributed by atoms with van der Waals surface area (Å²) in [7, 11) is 3.30. The van der Waals surface area contributed by atoms with Crippen molar-refractivity contribution in [3.63, 3.8) is 0 Å². The number of aromatic nitrogens is 5. The van der Waals surface area contributed by atoms with Gasteiger partial charge in [0.25, 0.3) is 5.78 Å². The van der Waals surface area contributed by atoms with Crippen LogP contribution in [0, 0.1) is 0 Å². The molecule has 0 saturated heterocycles. The molecule has 10 heteroatoms. The van der Waals surface area contributed by atoms with Crippen molar-refractivity contribution in [2.24, 2.45) is 0 Å². The lowest BCUT2D eigenvalue weighted by molar-refractivity contribution is 0.249. The fourth-order valence-corrected chi connectivity index (χ4v) is 6.18. The maximum atomic E-state index is 5.45. The van der Waals surface area contributed by atoms with E-state index in [1.807, 2.05) is 12.1 Å². The number of benzene rings is 2. The highest BCUT2D eigenvalue weighted by molar-refractivity contribution is 7.19. The Morgan fingerprint density at radius 2 is 1.89 bits per heavy atom. The average molecular weight is 502 g/mol. The van der Waals surface area contributed by atoms with Crippen molar-refractivity contribution in [1.82, 2.24) is 29.9 Å². The number of hydrogen-bond donors (Lipinski definition) is 1. The molecule has 1 aliphatic rings. The van der Waals surface area contributed by atoms with E-state index in [0.717, 1.165) is 72.1 Å². The highest BCUT2D eigenvalue weighted by Crippen LogP contribution is 2.39. The zero-order chi connectivity index (χ0) is 24.5. The normalized spacial score (nSPS) is 13.7. The molecule has 0 saturated carbocycles. The topological polar surface area (TPSA) is 89.7 Å². The van der Waals surface area contributed by atoms with Crippen molar-refractivity contribution >= 4 is 33.1 Å². The van der Waals surface area contributed by atoms with Gasteiger partial charge < -0.3 is 14.8 Å². The molecular formula is C26H27N7O2S. The van der Waals surface area contributed by atoms with Gasteiger partial charge in [-0.05, 0) is 52.1 Å². The summed E-state index contributed by atoms with van der Waals surface area (Å²) in [4.78, 5) is 9.70. The smallest absolute Gasteiger partial charge is 0.276 e. The van der Waals surface area contributed by atoms with Crippen LogP contribution in [0.1, 0.15) is 21.6 Å². The Morgan fingerprint density at radius 1 is 1.03 bits per heavy atom. The van der Waals surface area contributed by atoms with Crippen LogP contribution in [-0.4, -0.2) is 57.2 Å². The lowest BCUT2D eigenvalue weighted by atomic mass is 10.0. The maximum Gasteiger partial charge on any atom is 0.276 e. The van der Waals surface area contributed by atoms with Gasteiger partial charge >= 0.3 is 0 Å². The average Bonchev–Trinajstić information content (AvgIpc) is 3.53. The Hall–Kier alpha value is -3.76. The lowest BCUT2D eigenvalue weighted by Gasteiger charge is -2.27. The van der Waals surface area contributed by atoms with Crippen LogP contribution in [0.25, 0.3) is 16.0 Å². The largest absolute Gasteiger partial charge is 0.493 e. The van der Waals surface area contributed by atoms with Gasteiger partial charge in [-0.25, -0.2) is 0 Å². The number of anilines is 1. The molecule has 4 heterocycles. The van der Waals surface area contributed by atoms with Crippen LogP contribution in [0.15, 0.2) is 48.5 Å². The second kappa shape index (κ2) is 9.71. The summed E-state index contributed by atoms with van der Waals surface area (Å²) < 4.78 is 12.6. The predicted molar refractivity (Wildman–Crippen MR) is 140 cm³/mol. The molecule has 0 spiro atoms. The molecule has 0 radical (unpaired) electrons. The molecule has 0 unspecified atom stereocenters. The zero-order valence-electron chi connectivity index (χ0n) is 20.3. The fourth-order valence-electron chi connectivity index (χ4n) is 4.84. The van der Waals surface area contributed by atoms with E-state index in [4.69, 9.17) is 14.5 Å². The number of rotatable bonds is 8. The summed E-state index contributed by atoms with van der Waals surface area (Å²) in [5.74, 6) is 2.82. The number of fused-ring (bicyclic) bond motifs is 5. The molecular weight excluding hydrogens is 474 g/mol. The molecule has 0 bridgehead atoms. The number of hydrogen-bond acceptors (Lipinski definition) is 9. The standard InChI is InChI=1S/C26H27N7O2S/c1-34-20-9-8-17(14-21(20)35-2)10-12-27-24-23-19-11-13-32(15-18-6-4-3-5-7-18)16-22(19)36-25(23)33-26(28-24)29-30-31-33/h3-9,14H,10-13,15-16H2,1-2H3,(H,27,28,29,31).